The summed E-state index contributed by atoms with van der Waals surface area (Å²) in [6, 6.07) is 15.9. The predicted molar refractivity (Wildman–Crippen MR) is 125 cm³/mol. The van der Waals surface area contributed by atoms with Crippen LogP contribution in [0.2, 0.25) is 0 Å². The van der Waals surface area contributed by atoms with E-state index in [0.717, 1.165) is 0 Å². The van der Waals surface area contributed by atoms with E-state index >= 15 is 0 Å². The summed E-state index contributed by atoms with van der Waals surface area (Å²) in [5.41, 5.74) is 2.29. The van der Waals surface area contributed by atoms with E-state index in [-0.39, 0.29) is 11.5 Å². The number of halogens is 1. The number of aromatic amines is 1. The topological polar surface area (TPSA) is 98.2 Å². The van der Waals surface area contributed by atoms with Crippen LogP contribution in [-0.4, -0.2) is 33.9 Å². The van der Waals surface area contributed by atoms with Crippen LogP contribution in [0.4, 0.5) is 10.1 Å². The van der Waals surface area contributed by atoms with E-state index < -0.39 is 5.82 Å². The molecule has 168 valence electrons. The van der Waals surface area contributed by atoms with Gasteiger partial charge in [0, 0.05) is 28.9 Å². The Bertz CT molecular complexity index is 1640. The SMILES string of the molecule is O=C(Nc1ccc2c(c1)OCCO2)c1ccc2ncc3c(=O)n(-c4ccc(F)cc4)[nH]c3c2c1. The fraction of sp³-hybridized carbons (Fsp3) is 0.0800. The number of hydrogen-bond donors (Lipinski definition) is 2. The third kappa shape index (κ3) is 3.34. The van der Waals surface area contributed by atoms with Crippen molar-refractivity contribution in [1.82, 2.24) is 14.8 Å². The third-order valence-corrected chi connectivity index (χ3v) is 5.67. The molecule has 8 nitrogen and oxygen atoms in total. The molecule has 0 saturated carbocycles. The van der Waals surface area contributed by atoms with Crippen molar-refractivity contribution in [2.24, 2.45) is 0 Å². The van der Waals surface area contributed by atoms with Crippen LogP contribution in [-0.2, 0) is 0 Å². The first-order chi connectivity index (χ1) is 16.6. The van der Waals surface area contributed by atoms with Crippen molar-refractivity contribution in [2.45, 2.75) is 0 Å². The molecule has 0 atom stereocenters. The molecule has 2 N–H and O–H groups in total. The van der Waals surface area contributed by atoms with Gasteiger partial charge in [0.15, 0.2) is 11.5 Å². The van der Waals surface area contributed by atoms with E-state index in [1.54, 1.807) is 36.4 Å². The molecule has 1 amide bonds. The summed E-state index contributed by atoms with van der Waals surface area (Å²) >= 11 is 0. The maximum absolute atomic E-state index is 13.3. The number of rotatable bonds is 3. The van der Waals surface area contributed by atoms with E-state index in [2.05, 4.69) is 15.4 Å². The van der Waals surface area contributed by atoms with Gasteiger partial charge in [0.05, 0.1) is 22.1 Å². The largest absolute Gasteiger partial charge is 0.486 e. The monoisotopic (exact) mass is 456 g/mol. The molecule has 0 fully saturated rings. The fourth-order valence-corrected chi connectivity index (χ4v) is 4.00. The van der Waals surface area contributed by atoms with E-state index in [9.17, 15) is 14.0 Å². The van der Waals surface area contributed by atoms with Crippen LogP contribution >= 0.6 is 0 Å². The summed E-state index contributed by atoms with van der Waals surface area (Å²) in [7, 11) is 0. The molecule has 0 aliphatic carbocycles. The van der Waals surface area contributed by atoms with Crippen molar-refractivity contribution in [3.05, 3.63) is 88.6 Å². The lowest BCUT2D eigenvalue weighted by molar-refractivity contribution is 0.102. The molecule has 9 heteroatoms. The Morgan fingerprint density at radius 3 is 2.59 bits per heavy atom. The minimum atomic E-state index is -0.395. The minimum Gasteiger partial charge on any atom is -0.486 e. The maximum atomic E-state index is 13.3. The summed E-state index contributed by atoms with van der Waals surface area (Å²) < 4.78 is 25.7. The van der Waals surface area contributed by atoms with Crippen molar-refractivity contribution in [3.63, 3.8) is 0 Å². The van der Waals surface area contributed by atoms with Crippen molar-refractivity contribution >= 4 is 33.4 Å². The Morgan fingerprint density at radius 1 is 0.971 bits per heavy atom. The number of H-pyrrole nitrogens is 1. The molecule has 0 bridgehead atoms. The minimum absolute atomic E-state index is 0.317. The molecule has 3 aromatic carbocycles. The number of ether oxygens (including phenoxy) is 2. The Balaban J connectivity index is 1.38. The van der Waals surface area contributed by atoms with Crippen LogP contribution in [0.5, 0.6) is 11.5 Å². The van der Waals surface area contributed by atoms with E-state index in [4.69, 9.17) is 9.47 Å². The number of anilines is 1. The van der Waals surface area contributed by atoms with Crippen LogP contribution in [0.25, 0.3) is 27.5 Å². The number of hydrogen-bond acceptors (Lipinski definition) is 5. The molecule has 1 aliphatic rings. The van der Waals surface area contributed by atoms with Crippen LogP contribution < -0.4 is 20.3 Å². The zero-order chi connectivity index (χ0) is 23.2. The lowest BCUT2D eigenvalue weighted by Gasteiger charge is -2.19. The Kier molecular flexibility index (Phi) is 4.54. The smallest absolute Gasteiger partial charge is 0.280 e. The highest BCUT2D eigenvalue weighted by atomic mass is 19.1. The van der Waals surface area contributed by atoms with Gasteiger partial charge in [-0.1, -0.05) is 0 Å². The first kappa shape index (κ1) is 20.0. The number of nitrogens with zero attached hydrogens (tertiary/aromatic N) is 2. The molecule has 0 saturated heterocycles. The average Bonchev–Trinajstić information content (AvgIpc) is 3.21. The van der Waals surface area contributed by atoms with E-state index in [1.165, 1.54) is 35.1 Å². The van der Waals surface area contributed by atoms with Crippen molar-refractivity contribution in [3.8, 4) is 17.2 Å². The standard InChI is InChI=1S/C25H17FN4O4/c26-15-2-5-17(6-3-15)30-25(32)19-13-27-20-7-1-14(11-18(20)23(19)29-30)24(31)28-16-4-8-21-22(12-16)34-10-9-33-21/h1-8,11-13,29H,9-10H2,(H,28,31). The lowest BCUT2D eigenvalue weighted by Crippen LogP contribution is -2.16. The number of carbonyl (C=O) groups is 1. The second kappa shape index (κ2) is 7.73. The molecule has 2 aromatic heterocycles. The first-order valence-electron chi connectivity index (χ1n) is 10.6. The van der Waals surface area contributed by atoms with Gasteiger partial charge in [-0.3, -0.25) is 19.7 Å². The summed E-state index contributed by atoms with van der Waals surface area (Å²) in [6.07, 6.45) is 1.49. The van der Waals surface area contributed by atoms with Gasteiger partial charge < -0.3 is 14.8 Å². The summed E-state index contributed by atoms with van der Waals surface area (Å²) in [5, 5.41) is 6.91. The van der Waals surface area contributed by atoms with Gasteiger partial charge in [-0.2, -0.15) is 0 Å². The predicted octanol–water partition coefficient (Wildman–Crippen LogP) is 4.03. The van der Waals surface area contributed by atoms with Crippen LogP contribution in [0, 0.1) is 5.82 Å². The third-order valence-electron chi connectivity index (χ3n) is 5.67. The number of pyridine rings is 1. The van der Waals surface area contributed by atoms with Gasteiger partial charge in [0.25, 0.3) is 11.5 Å². The molecule has 0 spiro atoms. The van der Waals surface area contributed by atoms with Gasteiger partial charge in [0.2, 0.25) is 0 Å². The number of nitrogens with one attached hydrogen (secondary N) is 2. The van der Waals surface area contributed by atoms with Crippen molar-refractivity contribution in [1.29, 1.82) is 0 Å². The fourth-order valence-electron chi connectivity index (χ4n) is 4.00. The van der Waals surface area contributed by atoms with Gasteiger partial charge in [-0.05, 0) is 54.6 Å². The number of aromatic nitrogens is 3. The molecular formula is C25H17FN4O4. The number of carbonyl (C=O) groups excluding carboxylic acids is 1. The first-order valence-corrected chi connectivity index (χ1v) is 10.6. The lowest BCUT2D eigenvalue weighted by atomic mass is 10.1. The number of benzene rings is 3. The van der Waals surface area contributed by atoms with E-state index in [1.807, 2.05) is 0 Å². The maximum Gasteiger partial charge on any atom is 0.280 e. The summed E-state index contributed by atoms with van der Waals surface area (Å²) in [5.74, 6) is 0.496. The quantitative estimate of drug-likeness (QED) is 0.427. The molecule has 3 heterocycles. The molecule has 0 unspecified atom stereocenters. The molecule has 5 aromatic rings. The molecule has 6 rings (SSSR count). The van der Waals surface area contributed by atoms with Crippen LogP contribution in [0.3, 0.4) is 0 Å². The zero-order valence-electron chi connectivity index (χ0n) is 17.7. The normalized spacial score (nSPS) is 12.7. The Labute approximate surface area is 191 Å². The number of fused-ring (bicyclic) bond motifs is 4. The van der Waals surface area contributed by atoms with Gasteiger partial charge in [-0.25, -0.2) is 9.07 Å². The highest BCUT2D eigenvalue weighted by molar-refractivity contribution is 6.10. The molecule has 0 radical (unpaired) electrons. The second-order valence-corrected chi connectivity index (χ2v) is 7.82. The molecule has 1 aliphatic heterocycles. The zero-order valence-corrected chi connectivity index (χ0v) is 17.7. The highest BCUT2D eigenvalue weighted by Gasteiger charge is 2.16. The second-order valence-electron chi connectivity index (χ2n) is 7.82. The van der Waals surface area contributed by atoms with Crippen LogP contribution in [0.1, 0.15) is 10.4 Å². The molecule has 34 heavy (non-hydrogen) atoms. The average molecular weight is 456 g/mol. The molecular weight excluding hydrogens is 439 g/mol. The highest BCUT2D eigenvalue weighted by Crippen LogP contribution is 2.33. The van der Waals surface area contributed by atoms with Gasteiger partial charge >= 0.3 is 0 Å². The van der Waals surface area contributed by atoms with E-state index in [0.29, 0.717) is 63.5 Å². The van der Waals surface area contributed by atoms with Gasteiger partial charge in [-0.15, -0.1) is 0 Å². The van der Waals surface area contributed by atoms with Crippen molar-refractivity contribution in [2.75, 3.05) is 18.5 Å². The van der Waals surface area contributed by atoms with Crippen molar-refractivity contribution < 1.29 is 18.7 Å². The summed E-state index contributed by atoms with van der Waals surface area (Å²) in [4.78, 5) is 30.3. The number of amides is 1. The van der Waals surface area contributed by atoms with Crippen LogP contribution in [0.15, 0.2) is 71.7 Å². The summed E-state index contributed by atoms with van der Waals surface area (Å²) in [6.45, 7) is 0.942. The Hall–Kier alpha value is -4.66. The van der Waals surface area contributed by atoms with Gasteiger partial charge in [0.1, 0.15) is 19.0 Å². The Morgan fingerprint density at radius 2 is 1.76 bits per heavy atom.